The number of benzene rings is 1. The molecular weight excluding hydrogens is 406 g/mol. The average Bonchev–Trinajstić information content (AvgIpc) is 2.73. The van der Waals surface area contributed by atoms with Crippen LogP contribution in [0.2, 0.25) is 0 Å². The Morgan fingerprint density at radius 2 is 1.83 bits per heavy atom. The van der Waals surface area contributed by atoms with Gasteiger partial charge < -0.3 is 14.4 Å². The molecule has 8 nitrogen and oxygen atoms in total. The average molecular weight is 434 g/mol. The Bertz CT molecular complexity index is 972. The minimum Gasteiger partial charge on any atom is -0.497 e. The molecule has 0 saturated carbocycles. The molecule has 0 aliphatic carbocycles. The van der Waals surface area contributed by atoms with Crippen LogP contribution >= 0.6 is 0 Å². The predicted octanol–water partition coefficient (Wildman–Crippen LogP) is 3.07. The highest BCUT2D eigenvalue weighted by Gasteiger charge is 2.39. The SMILES string of the molecule is COc1ccc([C@H]2CN(C(=O)OC(C)(C)C)CCN2S(=O)(=O)c2cccnc2)cc1. The van der Waals surface area contributed by atoms with Gasteiger partial charge in [0.25, 0.3) is 0 Å². The molecule has 1 saturated heterocycles. The van der Waals surface area contributed by atoms with Gasteiger partial charge in [-0.05, 0) is 50.6 Å². The summed E-state index contributed by atoms with van der Waals surface area (Å²) in [7, 11) is -2.23. The number of carbonyl (C=O) groups is 1. The van der Waals surface area contributed by atoms with E-state index in [1.807, 2.05) is 12.1 Å². The molecule has 0 bridgehead atoms. The summed E-state index contributed by atoms with van der Waals surface area (Å²) < 4.78 is 38.8. The van der Waals surface area contributed by atoms with Crippen LogP contribution in [0.15, 0.2) is 53.7 Å². The quantitative estimate of drug-likeness (QED) is 0.736. The van der Waals surface area contributed by atoms with Crippen molar-refractivity contribution in [3.8, 4) is 5.75 Å². The van der Waals surface area contributed by atoms with Gasteiger partial charge in [-0.3, -0.25) is 4.98 Å². The number of sulfonamides is 1. The van der Waals surface area contributed by atoms with Crippen LogP contribution in [0.1, 0.15) is 32.4 Å². The van der Waals surface area contributed by atoms with Crippen LogP contribution in [-0.4, -0.2) is 61.0 Å². The Morgan fingerprint density at radius 3 is 2.40 bits per heavy atom. The van der Waals surface area contributed by atoms with Gasteiger partial charge in [0, 0.05) is 32.0 Å². The standard InChI is InChI=1S/C21H27N3O5S/c1-21(2,3)29-20(25)23-12-13-24(30(26,27)18-6-5-11-22-14-18)19(15-23)16-7-9-17(28-4)10-8-16/h5-11,14,19H,12-13,15H2,1-4H3/t19-/m1/s1. The van der Waals surface area contributed by atoms with Crippen LogP contribution in [0, 0.1) is 0 Å². The molecule has 1 aliphatic rings. The van der Waals surface area contributed by atoms with Gasteiger partial charge in [-0.25, -0.2) is 13.2 Å². The molecule has 1 aromatic carbocycles. The molecule has 1 aliphatic heterocycles. The third kappa shape index (κ3) is 4.91. The zero-order valence-corrected chi connectivity index (χ0v) is 18.4. The summed E-state index contributed by atoms with van der Waals surface area (Å²) >= 11 is 0. The van der Waals surface area contributed by atoms with Gasteiger partial charge >= 0.3 is 6.09 Å². The van der Waals surface area contributed by atoms with Crippen LogP contribution in [0.5, 0.6) is 5.75 Å². The molecule has 162 valence electrons. The van der Waals surface area contributed by atoms with Crippen molar-refractivity contribution in [3.05, 3.63) is 54.4 Å². The molecule has 1 aromatic heterocycles. The molecule has 0 unspecified atom stereocenters. The Morgan fingerprint density at radius 1 is 1.13 bits per heavy atom. The third-order valence-electron chi connectivity index (χ3n) is 4.72. The summed E-state index contributed by atoms with van der Waals surface area (Å²) in [6.45, 7) is 5.97. The van der Waals surface area contributed by atoms with Gasteiger partial charge in [0.05, 0.1) is 13.2 Å². The zero-order valence-electron chi connectivity index (χ0n) is 17.6. The minimum absolute atomic E-state index is 0.120. The zero-order chi connectivity index (χ0) is 21.9. The van der Waals surface area contributed by atoms with E-state index in [-0.39, 0.29) is 24.5 Å². The molecule has 1 atom stereocenters. The first kappa shape index (κ1) is 22.0. The lowest BCUT2D eigenvalue weighted by Gasteiger charge is -2.41. The highest BCUT2D eigenvalue weighted by Crippen LogP contribution is 2.32. The Hall–Kier alpha value is -2.65. The van der Waals surface area contributed by atoms with E-state index in [1.165, 1.54) is 22.8 Å². The fourth-order valence-corrected chi connectivity index (χ4v) is 4.84. The van der Waals surface area contributed by atoms with Gasteiger partial charge in [-0.15, -0.1) is 0 Å². The molecule has 9 heteroatoms. The molecule has 3 rings (SSSR count). The third-order valence-corrected chi connectivity index (χ3v) is 6.62. The van der Waals surface area contributed by atoms with Gasteiger partial charge in [0.1, 0.15) is 16.2 Å². The van der Waals surface area contributed by atoms with Crippen molar-refractivity contribution >= 4 is 16.1 Å². The molecule has 0 N–H and O–H groups in total. The number of hydrogen-bond donors (Lipinski definition) is 0. The summed E-state index contributed by atoms with van der Waals surface area (Å²) in [4.78, 5) is 18.2. The van der Waals surface area contributed by atoms with E-state index in [4.69, 9.17) is 9.47 Å². The summed E-state index contributed by atoms with van der Waals surface area (Å²) in [5, 5.41) is 0. The van der Waals surface area contributed by atoms with Crippen molar-refractivity contribution in [2.24, 2.45) is 0 Å². The fourth-order valence-electron chi connectivity index (χ4n) is 3.28. The minimum atomic E-state index is -3.80. The number of aromatic nitrogens is 1. The lowest BCUT2D eigenvalue weighted by molar-refractivity contribution is 0.0131. The molecule has 0 spiro atoms. The van der Waals surface area contributed by atoms with Crippen LogP contribution in [0.4, 0.5) is 4.79 Å². The van der Waals surface area contributed by atoms with E-state index in [2.05, 4.69) is 4.98 Å². The molecular formula is C21H27N3O5S. The van der Waals surface area contributed by atoms with E-state index in [1.54, 1.807) is 51.0 Å². The summed E-state index contributed by atoms with van der Waals surface area (Å²) in [5.41, 5.74) is 0.127. The highest BCUT2D eigenvalue weighted by molar-refractivity contribution is 7.89. The van der Waals surface area contributed by atoms with Gasteiger partial charge in [0.2, 0.25) is 10.0 Å². The Balaban J connectivity index is 1.95. The van der Waals surface area contributed by atoms with Gasteiger partial charge in [-0.1, -0.05) is 12.1 Å². The Kier molecular flexibility index (Phi) is 6.33. The first-order valence-corrected chi connectivity index (χ1v) is 11.1. The number of methoxy groups -OCH3 is 1. The summed E-state index contributed by atoms with van der Waals surface area (Å²) in [6, 6.07) is 9.72. The number of pyridine rings is 1. The highest BCUT2D eigenvalue weighted by atomic mass is 32.2. The monoisotopic (exact) mass is 433 g/mol. The number of carbonyl (C=O) groups excluding carboxylic acids is 1. The molecule has 30 heavy (non-hydrogen) atoms. The molecule has 2 aromatic rings. The van der Waals surface area contributed by atoms with Crippen molar-refractivity contribution < 1.29 is 22.7 Å². The van der Waals surface area contributed by atoms with E-state index < -0.39 is 27.8 Å². The maximum atomic E-state index is 13.3. The predicted molar refractivity (Wildman–Crippen MR) is 112 cm³/mol. The van der Waals surface area contributed by atoms with E-state index >= 15 is 0 Å². The smallest absolute Gasteiger partial charge is 0.410 e. The van der Waals surface area contributed by atoms with Crippen molar-refractivity contribution in [1.29, 1.82) is 0 Å². The fraction of sp³-hybridized carbons (Fsp3) is 0.429. The van der Waals surface area contributed by atoms with Crippen LogP contribution in [0.3, 0.4) is 0 Å². The summed E-state index contributed by atoms with van der Waals surface area (Å²) in [5.74, 6) is 0.667. The maximum Gasteiger partial charge on any atom is 0.410 e. The van der Waals surface area contributed by atoms with Crippen LogP contribution in [-0.2, 0) is 14.8 Å². The maximum absolute atomic E-state index is 13.3. The van der Waals surface area contributed by atoms with Crippen LogP contribution < -0.4 is 4.74 Å². The second kappa shape index (κ2) is 8.61. The lowest BCUT2D eigenvalue weighted by Crippen LogP contribution is -2.53. The lowest BCUT2D eigenvalue weighted by atomic mass is 10.0. The number of hydrogen-bond acceptors (Lipinski definition) is 6. The molecule has 2 heterocycles. The molecule has 1 fully saturated rings. The first-order chi connectivity index (χ1) is 14.1. The number of ether oxygens (including phenoxy) is 2. The van der Waals surface area contributed by atoms with Crippen molar-refractivity contribution in [1.82, 2.24) is 14.2 Å². The number of rotatable bonds is 4. The van der Waals surface area contributed by atoms with E-state index in [0.29, 0.717) is 5.75 Å². The van der Waals surface area contributed by atoms with E-state index in [9.17, 15) is 13.2 Å². The molecule has 0 radical (unpaired) electrons. The normalized spacial score (nSPS) is 18.1. The summed E-state index contributed by atoms with van der Waals surface area (Å²) in [6.07, 6.45) is 2.40. The topological polar surface area (TPSA) is 89.0 Å². The first-order valence-electron chi connectivity index (χ1n) is 9.65. The van der Waals surface area contributed by atoms with Crippen molar-refractivity contribution in [2.75, 3.05) is 26.7 Å². The number of nitrogens with zero attached hydrogens (tertiary/aromatic N) is 3. The number of amides is 1. The Labute approximate surface area is 177 Å². The van der Waals surface area contributed by atoms with Crippen LogP contribution in [0.25, 0.3) is 0 Å². The second-order valence-corrected chi connectivity index (χ2v) is 9.91. The second-order valence-electron chi connectivity index (χ2n) is 8.02. The molecule has 1 amide bonds. The van der Waals surface area contributed by atoms with E-state index in [0.717, 1.165) is 5.56 Å². The number of piperazine rings is 1. The van der Waals surface area contributed by atoms with Crippen molar-refractivity contribution in [3.63, 3.8) is 0 Å². The van der Waals surface area contributed by atoms with Gasteiger partial charge in [0.15, 0.2) is 0 Å². The van der Waals surface area contributed by atoms with Gasteiger partial charge in [-0.2, -0.15) is 4.31 Å². The van der Waals surface area contributed by atoms with Crippen molar-refractivity contribution in [2.45, 2.75) is 37.3 Å². The largest absolute Gasteiger partial charge is 0.497 e.